The molecular formula is C18H12N4O3S. The number of benzene rings is 2. The fraction of sp³-hybridized carbons (Fsp3) is 0.111. The van der Waals surface area contributed by atoms with Crippen LogP contribution >= 0.6 is 11.3 Å². The van der Waals surface area contributed by atoms with E-state index in [-0.39, 0.29) is 12.4 Å². The lowest BCUT2D eigenvalue weighted by molar-refractivity contribution is 0.174. The van der Waals surface area contributed by atoms with Crippen LogP contribution in [0.15, 0.2) is 53.3 Å². The lowest BCUT2D eigenvalue weighted by atomic mass is 10.1. The molecule has 0 spiro atoms. The van der Waals surface area contributed by atoms with Gasteiger partial charge in [0.25, 0.3) is 5.56 Å². The third kappa shape index (κ3) is 2.51. The minimum Gasteiger partial charge on any atom is -0.454 e. The zero-order chi connectivity index (χ0) is 17.5. The predicted molar refractivity (Wildman–Crippen MR) is 95.7 cm³/mol. The molecule has 0 N–H and O–H groups in total. The first kappa shape index (κ1) is 15.0. The van der Waals surface area contributed by atoms with Crippen molar-refractivity contribution in [3.8, 4) is 22.1 Å². The van der Waals surface area contributed by atoms with E-state index in [1.165, 1.54) is 15.9 Å². The second-order valence-electron chi connectivity index (χ2n) is 5.78. The van der Waals surface area contributed by atoms with Gasteiger partial charge in [0.2, 0.25) is 11.8 Å². The second kappa shape index (κ2) is 5.92. The molecule has 0 aliphatic carbocycles. The molecule has 0 atom stereocenters. The van der Waals surface area contributed by atoms with Crippen molar-refractivity contribution in [2.24, 2.45) is 0 Å². The number of fused-ring (bicyclic) bond motifs is 2. The van der Waals surface area contributed by atoms with E-state index in [9.17, 15) is 4.79 Å². The molecule has 1 aliphatic heterocycles. The summed E-state index contributed by atoms with van der Waals surface area (Å²) in [5.74, 6) is 1.38. The standard InChI is InChI=1S/C18H12N4O3S/c23-17-13(8-11-6-7-14-15(9-11)25-10-24-14)19-20-18-22(17)21-16(26-18)12-4-2-1-3-5-12/h1-7,9H,8,10H2. The fourth-order valence-electron chi connectivity index (χ4n) is 2.80. The summed E-state index contributed by atoms with van der Waals surface area (Å²) in [6, 6.07) is 15.3. The van der Waals surface area contributed by atoms with Gasteiger partial charge in [0.1, 0.15) is 10.7 Å². The van der Waals surface area contributed by atoms with Crippen molar-refractivity contribution in [2.45, 2.75) is 6.42 Å². The highest BCUT2D eigenvalue weighted by atomic mass is 32.1. The maximum atomic E-state index is 12.8. The van der Waals surface area contributed by atoms with Crippen LogP contribution in [-0.4, -0.2) is 26.6 Å². The summed E-state index contributed by atoms with van der Waals surface area (Å²) < 4.78 is 12.0. The Bertz CT molecular complexity index is 1170. The lowest BCUT2D eigenvalue weighted by Gasteiger charge is -2.02. The Morgan fingerprint density at radius 3 is 2.77 bits per heavy atom. The Balaban J connectivity index is 1.53. The highest BCUT2D eigenvalue weighted by Gasteiger charge is 2.16. The lowest BCUT2D eigenvalue weighted by Crippen LogP contribution is -2.22. The summed E-state index contributed by atoms with van der Waals surface area (Å²) in [7, 11) is 0. The predicted octanol–water partition coefficient (Wildman–Crippen LogP) is 2.53. The Kier molecular flexibility index (Phi) is 3.42. The number of ether oxygens (including phenoxy) is 2. The molecule has 0 fully saturated rings. The molecule has 3 heterocycles. The summed E-state index contributed by atoms with van der Waals surface area (Å²) in [4.78, 5) is 13.2. The smallest absolute Gasteiger partial charge is 0.297 e. The van der Waals surface area contributed by atoms with E-state index in [2.05, 4.69) is 15.3 Å². The fourth-order valence-corrected chi connectivity index (χ4v) is 3.64. The maximum absolute atomic E-state index is 12.8. The van der Waals surface area contributed by atoms with Crippen molar-refractivity contribution in [3.05, 3.63) is 70.1 Å². The van der Waals surface area contributed by atoms with Crippen LogP contribution in [0.3, 0.4) is 0 Å². The average molecular weight is 364 g/mol. The molecule has 0 amide bonds. The van der Waals surface area contributed by atoms with Gasteiger partial charge in [0, 0.05) is 12.0 Å². The van der Waals surface area contributed by atoms with Crippen molar-refractivity contribution in [1.29, 1.82) is 0 Å². The molecule has 0 saturated carbocycles. The van der Waals surface area contributed by atoms with Crippen LogP contribution in [0.25, 0.3) is 15.5 Å². The summed E-state index contributed by atoms with van der Waals surface area (Å²) in [6.07, 6.45) is 0.351. The highest BCUT2D eigenvalue weighted by Crippen LogP contribution is 2.32. The molecule has 0 bridgehead atoms. The first-order valence-corrected chi connectivity index (χ1v) is 8.79. The van der Waals surface area contributed by atoms with Crippen molar-refractivity contribution in [3.63, 3.8) is 0 Å². The average Bonchev–Trinajstić information content (AvgIpc) is 3.31. The molecule has 7 nitrogen and oxygen atoms in total. The summed E-state index contributed by atoms with van der Waals surface area (Å²) in [5, 5.41) is 13.4. The number of aromatic nitrogens is 4. The number of rotatable bonds is 3. The largest absolute Gasteiger partial charge is 0.454 e. The quantitative estimate of drug-likeness (QED) is 0.556. The summed E-state index contributed by atoms with van der Waals surface area (Å²) in [6.45, 7) is 0.217. The minimum atomic E-state index is -0.258. The van der Waals surface area contributed by atoms with Crippen molar-refractivity contribution >= 4 is 16.3 Å². The molecule has 4 aromatic rings. The second-order valence-corrected chi connectivity index (χ2v) is 6.74. The molecule has 8 heteroatoms. The van der Waals surface area contributed by atoms with Gasteiger partial charge in [-0.25, -0.2) is 0 Å². The SMILES string of the molecule is O=c1c(Cc2ccc3c(c2)OCO3)nnc2sc(-c3ccccc3)nn12. The van der Waals surface area contributed by atoms with Gasteiger partial charge >= 0.3 is 0 Å². The van der Waals surface area contributed by atoms with E-state index < -0.39 is 0 Å². The third-order valence-electron chi connectivity index (χ3n) is 4.08. The minimum absolute atomic E-state index is 0.217. The molecule has 0 radical (unpaired) electrons. The van der Waals surface area contributed by atoms with Crippen LogP contribution in [0.4, 0.5) is 0 Å². The highest BCUT2D eigenvalue weighted by molar-refractivity contribution is 7.19. The molecule has 0 unspecified atom stereocenters. The van der Waals surface area contributed by atoms with E-state index >= 15 is 0 Å². The van der Waals surface area contributed by atoms with Gasteiger partial charge in [-0.15, -0.1) is 10.2 Å². The summed E-state index contributed by atoms with van der Waals surface area (Å²) >= 11 is 1.34. The van der Waals surface area contributed by atoms with Gasteiger partial charge in [-0.2, -0.15) is 9.61 Å². The van der Waals surface area contributed by atoms with Gasteiger partial charge in [0.05, 0.1) is 0 Å². The molecular weight excluding hydrogens is 352 g/mol. The van der Waals surface area contributed by atoms with Crippen LogP contribution in [-0.2, 0) is 6.42 Å². The van der Waals surface area contributed by atoms with Crippen LogP contribution < -0.4 is 15.0 Å². The Hall–Kier alpha value is -3.26. The molecule has 5 rings (SSSR count). The number of hydrogen-bond acceptors (Lipinski definition) is 7. The van der Waals surface area contributed by atoms with Crippen molar-refractivity contribution < 1.29 is 9.47 Å². The topological polar surface area (TPSA) is 78.6 Å². The Labute approximate surface area is 151 Å². The Morgan fingerprint density at radius 2 is 1.88 bits per heavy atom. The molecule has 2 aromatic carbocycles. The normalized spacial score (nSPS) is 12.6. The van der Waals surface area contributed by atoms with Gasteiger partial charge in [-0.3, -0.25) is 4.79 Å². The van der Waals surface area contributed by atoms with E-state index in [1.807, 2.05) is 48.5 Å². The monoisotopic (exact) mass is 364 g/mol. The molecule has 0 saturated heterocycles. The van der Waals surface area contributed by atoms with Crippen LogP contribution in [0.2, 0.25) is 0 Å². The molecule has 26 heavy (non-hydrogen) atoms. The van der Waals surface area contributed by atoms with Gasteiger partial charge < -0.3 is 9.47 Å². The van der Waals surface area contributed by atoms with Crippen molar-refractivity contribution in [2.75, 3.05) is 6.79 Å². The molecule has 128 valence electrons. The Morgan fingerprint density at radius 1 is 1.04 bits per heavy atom. The van der Waals surface area contributed by atoms with E-state index in [4.69, 9.17) is 9.47 Å². The van der Waals surface area contributed by atoms with E-state index in [1.54, 1.807) is 0 Å². The van der Waals surface area contributed by atoms with Crippen LogP contribution in [0.5, 0.6) is 11.5 Å². The zero-order valence-corrected chi connectivity index (χ0v) is 14.3. The van der Waals surface area contributed by atoms with Crippen molar-refractivity contribution in [1.82, 2.24) is 19.8 Å². The first-order chi connectivity index (χ1) is 12.8. The van der Waals surface area contributed by atoms with Crippen LogP contribution in [0, 0.1) is 0 Å². The third-order valence-corrected chi connectivity index (χ3v) is 5.03. The van der Waals surface area contributed by atoms with E-state index in [0.29, 0.717) is 28.6 Å². The summed E-state index contributed by atoms with van der Waals surface area (Å²) in [5.41, 5.74) is 1.93. The van der Waals surface area contributed by atoms with Gasteiger partial charge in [-0.1, -0.05) is 47.7 Å². The van der Waals surface area contributed by atoms with Gasteiger partial charge in [0.15, 0.2) is 11.5 Å². The van der Waals surface area contributed by atoms with E-state index in [0.717, 1.165) is 16.1 Å². The van der Waals surface area contributed by atoms with Crippen LogP contribution in [0.1, 0.15) is 11.3 Å². The number of nitrogens with zero attached hydrogens (tertiary/aromatic N) is 4. The zero-order valence-electron chi connectivity index (χ0n) is 13.5. The number of hydrogen-bond donors (Lipinski definition) is 0. The first-order valence-electron chi connectivity index (χ1n) is 7.97. The van der Waals surface area contributed by atoms with Gasteiger partial charge in [-0.05, 0) is 17.7 Å². The molecule has 2 aromatic heterocycles. The maximum Gasteiger partial charge on any atom is 0.297 e. The molecule has 1 aliphatic rings.